The highest BCUT2D eigenvalue weighted by atomic mass is 32.2. The minimum atomic E-state index is -3.22. The molecular weight excluding hydrogens is 352 g/mol. The second-order valence-corrected chi connectivity index (χ2v) is 7.89. The monoisotopic (exact) mass is 376 g/mol. The summed E-state index contributed by atoms with van der Waals surface area (Å²) in [4.78, 5) is 12.3. The summed E-state index contributed by atoms with van der Waals surface area (Å²) in [5.41, 5.74) is 1.86. The second-order valence-electron chi connectivity index (χ2n) is 5.87. The van der Waals surface area contributed by atoms with Gasteiger partial charge in [-0.2, -0.15) is 0 Å². The lowest BCUT2D eigenvalue weighted by Gasteiger charge is -2.09. The lowest BCUT2D eigenvalue weighted by atomic mass is 10.2. The van der Waals surface area contributed by atoms with Crippen LogP contribution in [-0.2, 0) is 21.2 Å². The van der Waals surface area contributed by atoms with Crippen LogP contribution >= 0.6 is 0 Å². The molecule has 0 saturated carbocycles. The number of ether oxygens (including phenoxy) is 1. The van der Waals surface area contributed by atoms with Crippen LogP contribution in [0.4, 0.5) is 5.69 Å². The number of sulfone groups is 1. The number of carbonyl (C=O) groups is 1. The van der Waals surface area contributed by atoms with Crippen molar-refractivity contribution in [2.45, 2.75) is 24.8 Å². The summed E-state index contributed by atoms with van der Waals surface area (Å²) in [6, 6.07) is 13.8. The van der Waals surface area contributed by atoms with Crippen LogP contribution in [0.1, 0.15) is 18.9 Å². The number of carbonyl (C=O) groups excluding carboxylic acids is 1. The summed E-state index contributed by atoms with van der Waals surface area (Å²) in [7, 11) is -3.22. The Balaban J connectivity index is 1.80. The minimum absolute atomic E-state index is 0.140. The number of nitrogens with one attached hydrogen (secondary N) is 2. The SMILES string of the molecule is CCNCc1cccc(NC(=O)CCOc2ccc(S(C)(=O)=O)cc2)c1. The van der Waals surface area contributed by atoms with Gasteiger partial charge in [-0.1, -0.05) is 19.1 Å². The first-order chi connectivity index (χ1) is 12.4. The predicted octanol–water partition coefficient (Wildman–Crippen LogP) is 2.61. The molecule has 0 saturated heterocycles. The largest absolute Gasteiger partial charge is 0.493 e. The molecule has 7 heteroatoms. The fraction of sp³-hybridized carbons (Fsp3) is 0.316. The van der Waals surface area contributed by atoms with E-state index in [-0.39, 0.29) is 23.8 Å². The quantitative estimate of drug-likeness (QED) is 0.703. The number of rotatable bonds is 9. The third-order valence-electron chi connectivity index (χ3n) is 3.64. The maximum absolute atomic E-state index is 12.0. The molecule has 0 bridgehead atoms. The molecule has 0 radical (unpaired) electrons. The summed E-state index contributed by atoms with van der Waals surface area (Å²) in [6.45, 7) is 3.90. The molecule has 0 atom stereocenters. The predicted molar refractivity (Wildman–Crippen MR) is 102 cm³/mol. The molecule has 140 valence electrons. The van der Waals surface area contributed by atoms with Gasteiger partial charge in [-0.05, 0) is 48.5 Å². The molecule has 2 aromatic carbocycles. The molecule has 0 unspecified atom stereocenters. The second kappa shape index (κ2) is 9.35. The highest BCUT2D eigenvalue weighted by molar-refractivity contribution is 7.90. The van der Waals surface area contributed by atoms with Gasteiger partial charge in [0.15, 0.2) is 9.84 Å². The van der Waals surface area contributed by atoms with Crippen molar-refractivity contribution in [3.8, 4) is 5.75 Å². The van der Waals surface area contributed by atoms with Crippen molar-refractivity contribution >= 4 is 21.4 Å². The molecule has 1 amide bonds. The van der Waals surface area contributed by atoms with Crippen LogP contribution in [0, 0.1) is 0 Å². The Kier molecular flexibility index (Phi) is 7.17. The van der Waals surface area contributed by atoms with Crippen molar-refractivity contribution in [3.63, 3.8) is 0 Å². The molecule has 26 heavy (non-hydrogen) atoms. The third-order valence-corrected chi connectivity index (χ3v) is 4.77. The van der Waals surface area contributed by atoms with Gasteiger partial charge in [-0.15, -0.1) is 0 Å². The number of benzene rings is 2. The van der Waals surface area contributed by atoms with E-state index in [1.165, 1.54) is 12.1 Å². The Morgan fingerprint density at radius 2 is 1.85 bits per heavy atom. The molecular formula is C19H24N2O4S. The van der Waals surface area contributed by atoms with Crippen molar-refractivity contribution < 1.29 is 17.9 Å². The van der Waals surface area contributed by atoms with E-state index in [0.717, 1.165) is 30.6 Å². The smallest absolute Gasteiger partial charge is 0.227 e. The first-order valence-electron chi connectivity index (χ1n) is 8.41. The van der Waals surface area contributed by atoms with Crippen LogP contribution in [0.3, 0.4) is 0 Å². The zero-order chi connectivity index (χ0) is 19.0. The molecule has 0 aliphatic rings. The lowest BCUT2D eigenvalue weighted by Crippen LogP contribution is -2.16. The first kappa shape index (κ1) is 19.9. The van der Waals surface area contributed by atoms with Gasteiger partial charge >= 0.3 is 0 Å². The average molecular weight is 376 g/mol. The zero-order valence-electron chi connectivity index (χ0n) is 15.0. The van der Waals surface area contributed by atoms with Gasteiger partial charge in [0, 0.05) is 18.5 Å². The number of hydrogen-bond donors (Lipinski definition) is 2. The van der Waals surface area contributed by atoms with Gasteiger partial charge < -0.3 is 15.4 Å². The van der Waals surface area contributed by atoms with Gasteiger partial charge in [-0.3, -0.25) is 4.79 Å². The van der Waals surface area contributed by atoms with Gasteiger partial charge in [-0.25, -0.2) is 8.42 Å². The molecule has 2 aromatic rings. The molecule has 0 aromatic heterocycles. The summed E-state index contributed by atoms with van der Waals surface area (Å²) in [5, 5.41) is 6.09. The van der Waals surface area contributed by atoms with Crippen LogP contribution in [-0.4, -0.2) is 33.7 Å². The van der Waals surface area contributed by atoms with Crippen molar-refractivity contribution in [2.75, 3.05) is 24.7 Å². The molecule has 0 aliphatic carbocycles. The number of anilines is 1. The van der Waals surface area contributed by atoms with Crippen LogP contribution in [0.25, 0.3) is 0 Å². The van der Waals surface area contributed by atoms with E-state index in [4.69, 9.17) is 4.74 Å². The summed E-state index contributed by atoms with van der Waals surface area (Å²) < 4.78 is 28.3. The summed E-state index contributed by atoms with van der Waals surface area (Å²) in [5.74, 6) is 0.385. The zero-order valence-corrected chi connectivity index (χ0v) is 15.8. The van der Waals surface area contributed by atoms with E-state index in [2.05, 4.69) is 10.6 Å². The average Bonchev–Trinajstić information content (AvgIpc) is 2.60. The maximum Gasteiger partial charge on any atom is 0.227 e. The lowest BCUT2D eigenvalue weighted by molar-refractivity contribution is -0.116. The van der Waals surface area contributed by atoms with Crippen molar-refractivity contribution in [1.82, 2.24) is 5.32 Å². The highest BCUT2D eigenvalue weighted by Crippen LogP contribution is 2.16. The van der Waals surface area contributed by atoms with E-state index in [0.29, 0.717) is 5.75 Å². The van der Waals surface area contributed by atoms with E-state index in [1.807, 2.05) is 31.2 Å². The molecule has 0 aliphatic heterocycles. The summed E-state index contributed by atoms with van der Waals surface area (Å²) in [6.07, 6.45) is 1.35. The molecule has 0 heterocycles. The van der Waals surface area contributed by atoms with Crippen LogP contribution < -0.4 is 15.4 Å². The standard InChI is InChI=1S/C19H24N2O4S/c1-3-20-14-15-5-4-6-16(13-15)21-19(22)11-12-25-17-7-9-18(10-8-17)26(2,23)24/h4-10,13,20H,3,11-12,14H2,1-2H3,(H,21,22). The van der Waals surface area contributed by atoms with Crippen molar-refractivity contribution in [1.29, 1.82) is 0 Å². The van der Waals surface area contributed by atoms with Crippen molar-refractivity contribution in [3.05, 3.63) is 54.1 Å². The Labute approximate surface area is 154 Å². The van der Waals surface area contributed by atoms with E-state index in [1.54, 1.807) is 12.1 Å². The Morgan fingerprint density at radius 3 is 2.50 bits per heavy atom. The van der Waals surface area contributed by atoms with Crippen LogP contribution in [0.15, 0.2) is 53.4 Å². The van der Waals surface area contributed by atoms with E-state index >= 15 is 0 Å². The molecule has 6 nitrogen and oxygen atoms in total. The normalized spacial score (nSPS) is 11.2. The van der Waals surface area contributed by atoms with Gasteiger partial charge in [0.1, 0.15) is 5.75 Å². The van der Waals surface area contributed by atoms with Crippen LogP contribution in [0.5, 0.6) is 5.75 Å². The molecule has 0 spiro atoms. The van der Waals surface area contributed by atoms with Gasteiger partial charge in [0.2, 0.25) is 5.91 Å². The fourth-order valence-corrected chi connectivity index (χ4v) is 2.93. The Morgan fingerprint density at radius 1 is 1.12 bits per heavy atom. The maximum atomic E-state index is 12.0. The minimum Gasteiger partial charge on any atom is -0.493 e. The highest BCUT2D eigenvalue weighted by Gasteiger charge is 2.07. The fourth-order valence-electron chi connectivity index (χ4n) is 2.30. The molecule has 0 fully saturated rings. The first-order valence-corrected chi connectivity index (χ1v) is 10.3. The van der Waals surface area contributed by atoms with E-state index in [9.17, 15) is 13.2 Å². The topological polar surface area (TPSA) is 84.5 Å². The molecule has 2 N–H and O–H groups in total. The Hall–Kier alpha value is -2.38. The van der Waals surface area contributed by atoms with Crippen LogP contribution in [0.2, 0.25) is 0 Å². The van der Waals surface area contributed by atoms with Gasteiger partial charge in [0.25, 0.3) is 0 Å². The number of hydrogen-bond acceptors (Lipinski definition) is 5. The summed E-state index contributed by atoms with van der Waals surface area (Å²) >= 11 is 0. The Bertz CT molecular complexity index is 833. The number of amides is 1. The molecule has 2 rings (SSSR count). The van der Waals surface area contributed by atoms with E-state index < -0.39 is 9.84 Å². The van der Waals surface area contributed by atoms with Crippen molar-refractivity contribution in [2.24, 2.45) is 0 Å². The third kappa shape index (κ3) is 6.50. The van der Waals surface area contributed by atoms with Gasteiger partial charge in [0.05, 0.1) is 17.9 Å².